The molecule has 1 unspecified atom stereocenters. The van der Waals surface area contributed by atoms with Crippen molar-refractivity contribution < 1.29 is 13.5 Å². The molecule has 0 aromatic heterocycles. The molecular formula is C15H24N2O3S. The van der Waals surface area contributed by atoms with E-state index in [9.17, 15) is 13.5 Å². The highest BCUT2D eigenvalue weighted by Gasteiger charge is 2.33. The third kappa shape index (κ3) is 3.39. The van der Waals surface area contributed by atoms with Gasteiger partial charge in [-0.05, 0) is 49.9 Å². The second-order valence-corrected chi connectivity index (χ2v) is 7.55. The van der Waals surface area contributed by atoms with E-state index in [1.807, 2.05) is 26.0 Å². The van der Waals surface area contributed by atoms with Gasteiger partial charge in [0.15, 0.2) is 0 Å². The van der Waals surface area contributed by atoms with E-state index in [0.717, 1.165) is 29.8 Å². The Balaban J connectivity index is 2.35. The van der Waals surface area contributed by atoms with Crippen LogP contribution in [-0.2, 0) is 10.0 Å². The van der Waals surface area contributed by atoms with Gasteiger partial charge in [-0.25, -0.2) is 8.42 Å². The van der Waals surface area contributed by atoms with Gasteiger partial charge in [0.25, 0.3) is 0 Å². The van der Waals surface area contributed by atoms with E-state index in [1.165, 1.54) is 4.31 Å². The van der Waals surface area contributed by atoms with Crippen molar-refractivity contribution in [2.24, 2.45) is 0 Å². The number of sulfonamides is 1. The Bertz CT molecular complexity index is 590. The quantitative estimate of drug-likeness (QED) is 0.871. The third-order valence-corrected chi connectivity index (χ3v) is 5.93. The number of nitrogens with one attached hydrogen (secondary N) is 1. The Labute approximate surface area is 127 Å². The minimum Gasteiger partial charge on any atom is -0.392 e. The number of hydrogen-bond acceptors (Lipinski definition) is 4. The predicted molar refractivity (Wildman–Crippen MR) is 84.1 cm³/mol. The topological polar surface area (TPSA) is 69.6 Å². The van der Waals surface area contributed by atoms with Crippen LogP contribution in [0.1, 0.15) is 30.9 Å². The second kappa shape index (κ2) is 6.34. The molecule has 0 amide bonds. The number of benzene rings is 1. The summed E-state index contributed by atoms with van der Waals surface area (Å²) in [4.78, 5) is 0.374. The molecule has 6 heteroatoms. The molecule has 21 heavy (non-hydrogen) atoms. The molecule has 1 atom stereocenters. The highest BCUT2D eigenvalue weighted by molar-refractivity contribution is 7.89. The number of hydrogen-bond donors (Lipinski definition) is 2. The van der Waals surface area contributed by atoms with Crippen LogP contribution in [0.3, 0.4) is 0 Å². The molecule has 5 nitrogen and oxygen atoms in total. The van der Waals surface area contributed by atoms with Crippen LogP contribution in [0, 0.1) is 13.8 Å². The number of β-amino-alcohol motifs (C(OH)–C–C–N with tert-alkyl or cyclic N) is 1. The summed E-state index contributed by atoms with van der Waals surface area (Å²) in [5, 5.41) is 12.9. The van der Waals surface area contributed by atoms with Gasteiger partial charge in [0.05, 0.1) is 11.0 Å². The minimum atomic E-state index is -3.52. The first-order valence-electron chi connectivity index (χ1n) is 7.39. The van der Waals surface area contributed by atoms with Gasteiger partial charge in [0.1, 0.15) is 0 Å². The Kier molecular flexibility index (Phi) is 4.91. The summed E-state index contributed by atoms with van der Waals surface area (Å²) in [5.74, 6) is 0. The number of aliphatic hydroxyl groups is 1. The van der Waals surface area contributed by atoms with Crippen molar-refractivity contribution in [1.82, 2.24) is 4.31 Å². The van der Waals surface area contributed by atoms with Crippen LogP contribution in [0.15, 0.2) is 17.0 Å². The molecular weight excluding hydrogens is 288 g/mol. The van der Waals surface area contributed by atoms with Gasteiger partial charge in [0, 0.05) is 25.3 Å². The van der Waals surface area contributed by atoms with E-state index in [2.05, 4.69) is 12.2 Å². The smallest absolute Gasteiger partial charge is 0.243 e. The minimum absolute atomic E-state index is 0.192. The summed E-state index contributed by atoms with van der Waals surface area (Å²) in [5.41, 5.74) is 2.44. The normalized spacial score (nSPS) is 19.9. The first kappa shape index (κ1) is 16.3. The summed E-state index contributed by atoms with van der Waals surface area (Å²) >= 11 is 0. The van der Waals surface area contributed by atoms with E-state index in [4.69, 9.17) is 0 Å². The van der Waals surface area contributed by atoms with Gasteiger partial charge in [-0.15, -0.1) is 0 Å². The van der Waals surface area contributed by atoms with Crippen molar-refractivity contribution >= 4 is 15.7 Å². The van der Waals surface area contributed by atoms with E-state index in [-0.39, 0.29) is 6.54 Å². The summed E-state index contributed by atoms with van der Waals surface area (Å²) < 4.78 is 26.9. The van der Waals surface area contributed by atoms with E-state index >= 15 is 0 Å². The van der Waals surface area contributed by atoms with Crippen molar-refractivity contribution in [3.05, 3.63) is 23.3 Å². The van der Waals surface area contributed by atoms with Crippen molar-refractivity contribution in [1.29, 1.82) is 0 Å². The summed E-state index contributed by atoms with van der Waals surface area (Å²) in [6.07, 6.45) is 0.975. The Morgan fingerprint density at radius 3 is 2.43 bits per heavy atom. The van der Waals surface area contributed by atoms with Gasteiger partial charge in [-0.3, -0.25) is 0 Å². The van der Waals surface area contributed by atoms with E-state index in [0.29, 0.717) is 17.9 Å². The van der Waals surface area contributed by atoms with E-state index < -0.39 is 16.1 Å². The molecule has 1 heterocycles. The fourth-order valence-corrected chi connectivity index (χ4v) is 4.69. The largest absolute Gasteiger partial charge is 0.392 e. The van der Waals surface area contributed by atoms with Crippen LogP contribution in [-0.4, -0.2) is 43.6 Å². The highest BCUT2D eigenvalue weighted by atomic mass is 32.2. The van der Waals surface area contributed by atoms with Crippen LogP contribution in [0.5, 0.6) is 0 Å². The maximum Gasteiger partial charge on any atom is 0.243 e. The molecule has 1 aromatic carbocycles. The van der Waals surface area contributed by atoms with Crippen molar-refractivity contribution in [2.45, 2.75) is 44.6 Å². The molecule has 1 aliphatic rings. The fourth-order valence-electron chi connectivity index (χ4n) is 2.79. The lowest BCUT2D eigenvalue weighted by atomic mass is 10.1. The summed E-state index contributed by atoms with van der Waals surface area (Å²) in [6, 6.07) is 3.75. The van der Waals surface area contributed by atoms with Gasteiger partial charge < -0.3 is 10.4 Å². The molecule has 1 aliphatic heterocycles. The number of aliphatic hydroxyl groups excluding tert-OH is 1. The SMILES string of the molecule is CCCNc1cc(C)c(S(=O)(=O)N2CCC(O)C2)c(C)c1. The lowest BCUT2D eigenvalue weighted by Gasteiger charge is -2.20. The lowest BCUT2D eigenvalue weighted by Crippen LogP contribution is -2.30. The molecule has 0 bridgehead atoms. The number of anilines is 1. The predicted octanol–water partition coefficient (Wildman–Crippen LogP) is 1.88. The van der Waals surface area contributed by atoms with Gasteiger partial charge in [-0.1, -0.05) is 6.92 Å². The van der Waals surface area contributed by atoms with Crippen LogP contribution in [0.25, 0.3) is 0 Å². The highest BCUT2D eigenvalue weighted by Crippen LogP contribution is 2.29. The summed E-state index contributed by atoms with van der Waals surface area (Å²) in [6.45, 7) is 7.18. The third-order valence-electron chi connectivity index (χ3n) is 3.76. The number of nitrogens with zero attached hydrogens (tertiary/aromatic N) is 1. The molecule has 118 valence electrons. The zero-order valence-electron chi connectivity index (χ0n) is 12.9. The zero-order chi connectivity index (χ0) is 15.6. The Morgan fingerprint density at radius 2 is 1.95 bits per heavy atom. The van der Waals surface area contributed by atoms with Crippen molar-refractivity contribution in [3.8, 4) is 0 Å². The van der Waals surface area contributed by atoms with Gasteiger partial charge in [-0.2, -0.15) is 4.31 Å². The van der Waals surface area contributed by atoms with Gasteiger partial charge >= 0.3 is 0 Å². The van der Waals surface area contributed by atoms with Crippen molar-refractivity contribution in [2.75, 3.05) is 25.0 Å². The first-order chi connectivity index (χ1) is 9.86. The molecule has 0 spiro atoms. The fraction of sp³-hybridized carbons (Fsp3) is 0.600. The van der Waals surface area contributed by atoms with Crippen LogP contribution >= 0.6 is 0 Å². The molecule has 0 radical (unpaired) electrons. The Morgan fingerprint density at radius 1 is 1.33 bits per heavy atom. The average molecular weight is 312 g/mol. The maximum atomic E-state index is 12.7. The zero-order valence-corrected chi connectivity index (χ0v) is 13.7. The molecule has 0 aliphatic carbocycles. The van der Waals surface area contributed by atoms with Crippen molar-refractivity contribution in [3.63, 3.8) is 0 Å². The molecule has 1 aromatic rings. The van der Waals surface area contributed by atoms with Gasteiger partial charge in [0.2, 0.25) is 10.0 Å². The maximum absolute atomic E-state index is 12.7. The number of aryl methyl sites for hydroxylation is 2. The van der Waals surface area contributed by atoms with Crippen LogP contribution < -0.4 is 5.32 Å². The standard InChI is InChI=1S/C15H24N2O3S/c1-4-6-16-13-8-11(2)15(12(3)9-13)21(19,20)17-7-5-14(18)10-17/h8-9,14,16,18H,4-7,10H2,1-3H3. The average Bonchev–Trinajstić information content (AvgIpc) is 2.82. The molecule has 1 saturated heterocycles. The van der Waals surface area contributed by atoms with Crippen LogP contribution in [0.2, 0.25) is 0 Å². The molecule has 1 fully saturated rings. The monoisotopic (exact) mass is 312 g/mol. The lowest BCUT2D eigenvalue weighted by molar-refractivity contribution is 0.189. The first-order valence-corrected chi connectivity index (χ1v) is 8.83. The molecule has 2 N–H and O–H groups in total. The molecule has 0 saturated carbocycles. The Hall–Kier alpha value is -1.11. The van der Waals surface area contributed by atoms with Crippen LogP contribution in [0.4, 0.5) is 5.69 Å². The second-order valence-electron chi connectivity index (χ2n) is 5.67. The van der Waals surface area contributed by atoms with E-state index in [1.54, 1.807) is 0 Å². The molecule has 2 rings (SSSR count). The summed E-state index contributed by atoms with van der Waals surface area (Å²) in [7, 11) is -3.52. The number of rotatable bonds is 5.